The van der Waals surface area contributed by atoms with Gasteiger partial charge in [-0.15, -0.1) is 0 Å². The summed E-state index contributed by atoms with van der Waals surface area (Å²) in [6.07, 6.45) is 2.57. The van der Waals surface area contributed by atoms with E-state index < -0.39 is 0 Å². The zero-order valence-electron chi connectivity index (χ0n) is 10.3. The molecule has 1 amide bonds. The van der Waals surface area contributed by atoms with Crippen molar-refractivity contribution in [1.82, 2.24) is 10.2 Å². The predicted octanol–water partition coefficient (Wildman–Crippen LogP) is 1.70. The second kappa shape index (κ2) is 5.82. The molecule has 17 heavy (non-hydrogen) atoms. The summed E-state index contributed by atoms with van der Waals surface area (Å²) < 4.78 is 0. The summed E-state index contributed by atoms with van der Waals surface area (Å²) in [4.78, 5) is 14.2. The molecule has 1 saturated heterocycles. The molecule has 0 spiro atoms. The average molecular weight is 231 g/mol. The van der Waals surface area contributed by atoms with Crippen molar-refractivity contribution in [3.63, 3.8) is 0 Å². The van der Waals surface area contributed by atoms with Crippen molar-refractivity contribution in [2.45, 2.75) is 25.8 Å². The van der Waals surface area contributed by atoms with E-state index in [0.29, 0.717) is 18.2 Å². The van der Waals surface area contributed by atoms with Gasteiger partial charge in [0.25, 0.3) is 5.91 Å². The molecule has 1 unspecified atom stereocenters. The molecule has 1 heterocycles. The van der Waals surface area contributed by atoms with Crippen molar-refractivity contribution < 1.29 is 4.79 Å². The lowest BCUT2D eigenvalue weighted by molar-refractivity contribution is 0.0940. The zero-order valence-corrected chi connectivity index (χ0v) is 10.3. The first kappa shape index (κ1) is 12.1. The van der Waals surface area contributed by atoms with Gasteiger partial charge in [-0.1, -0.05) is 12.1 Å². The van der Waals surface area contributed by atoms with E-state index >= 15 is 0 Å². The monoisotopic (exact) mass is 231 g/mol. The Morgan fingerprint density at radius 2 is 2.29 bits per heavy atom. The van der Waals surface area contributed by atoms with Gasteiger partial charge in [-0.3, -0.25) is 9.69 Å². The molecule has 1 fully saturated rings. The maximum absolute atomic E-state index is 11.8. The van der Waals surface area contributed by atoms with Crippen LogP contribution in [0.25, 0.3) is 0 Å². The normalized spacial score (nSPS) is 17.9. The van der Waals surface area contributed by atoms with Crippen molar-refractivity contribution in [3.8, 4) is 0 Å². The smallest absolute Gasteiger partial charge is 0.251 e. The number of rotatable bonds is 4. The maximum atomic E-state index is 11.8. The standard InChI is InChI=1S/C14H19N2O/c1-12(16-9-5-6-10-16)11-15-14(17)13-7-3-2-4-8-13/h2-3,7-8,12H,5-6,9-11H2,1H3,(H,15,17). The molecule has 0 aliphatic carbocycles. The fraction of sp³-hybridized carbons (Fsp3) is 0.500. The first-order chi connectivity index (χ1) is 8.27. The topological polar surface area (TPSA) is 32.3 Å². The molecule has 91 valence electrons. The van der Waals surface area contributed by atoms with E-state index in [0.717, 1.165) is 13.1 Å². The van der Waals surface area contributed by atoms with Crippen molar-refractivity contribution in [3.05, 3.63) is 35.9 Å². The largest absolute Gasteiger partial charge is 0.350 e. The van der Waals surface area contributed by atoms with Gasteiger partial charge in [0.1, 0.15) is 0 Å². The maximum Gasteiger partial charge on any atom is 0.251 e. The highest BCUT2D eigenvalue weighted by Crippen LogP contribution is 2.10. The summed E-state index contributed by atoms with van der Waals surface area (Å²) >= 11 is 0. The quantitative estimate of drug-likeness (QED) is 0.855. The molecular weight excluding hydrogens is 212 g/mol. The van der Waals surface area contributed by atoms with Gasteiger partial charge >= 0.3 is 0 Å². The summed E-state index contributed by atoms with van der Waals surface area (Å²) in [6, 6.07) is 10.5. The van der Waals surface area contributed by atoms with E-state index in [9.17, 15) is 4.79 Å². The van der Waals surface area contributed by atoms with Crippen LogP contribution in [0.4, 0.5) is 0 Å². The number of carbonyl (C=O) groups excluding carboxylic acids is 1. The molecule has 1 aromatic rings. The van der Waals surface area contributed by atoms with Crippen molar-refractivity contribution in [1.29, 1.82) is 0 Å². The number of nitrogens with one attached hydrogen (secondary N) is 1. The van der Waals surface area contributed by atoms with Crippen LogP contribution in [0.1, 0.15) is 30.1 Å². The van der Waals surface area contributed by atoms with Crippen LogP contribution in [-0.2, 0) is 0 Å². The van der Waals surface area contributed by atoms with E-state index in [1.807, 2.05) is 12.1 Å². The third-order valence-electron chi connectivity index (χ3n) is 3.29. The van der Waals surface area contributed by atoms with Crippen LogP contribution in [0.5, 0.6) is 0 Å². The molecule has 3 nitrogen and oxygen atoms in total. The Balaban J connectivity index is 1.80. The van der Waals surface area contributed by atoms with Crippen molar-refractivity contribution in [2.75, 3.05) is 19.6 Å². The Morgan fingerprint density at radius 3 is 2.94 bits per heavy atom. The predicted molar refractivity (Wildman–Crippen MR) is 67.9 cm³/mol. The molecule has 3 heteroatoms. The first-order valence-electron chi connectivity index (χ1n) is 6.26. The molecule has 1 N–H and O–H groups in total. The van der Waals surface area contributed by atoms with E-state index in [4.69, 9.17) is 0 Å². The molecule has 1 atom stereocenters. The minimum absolute atomic E-state index is 0.00658. The number of hydrogen-bond acceptors (Lipinski definition) is 2. The highest BCUT2D eigenvalue weighted by atomic mass is 16.1. The third kappa shape index (κ3) is 3.30. The number of amides is 1. The van der Waals surface area contributed by atoms with E-state index in [2.05, 4.69) is 23.2 Å². The molecule has 2 rings (SSSR count). The molecule has 0 aromatic heterocycles. The van der Waals surface area contributed by atoms with Gasteiger partial charge in [-0.05, 0) is 51.1 Å². The number of hydrogen-bond donors (Lipinski definition) is 1. The second-order valence-electron chi connectivity index (χ2n) is 4.59. The lowest BCUT2D eigenvalue weighted by atomic mass is 10.2. The van der Waals surface area contributed by atoms with Crippen LogP contribution < -0.4 is 5.32 Å². The Labute approximate surface area is 103 Å². The summed E-state index contributed by atoms with van der Waals surface area (Å²) in [5, 5.41) is 2.98. The lowest BCUT2D eigenvalue weighted by Gasteiger charge is -2.23. The summed E-state index contributed by atoms with van der Waals surface area (Å²) in [7, 11) is 0. The lowest BCUT2D eigenvalue weighted by Crippen LogP contribution is -2.40. The minimum Gasteiger partial charge on any atom is -0.350 e. The van der Waals surface area contributed by atoms with Gasteiger partial charge in [0.05, 0.1) is 0 Å². The van der Waals surface area contributed by atoms with Crippen molar-refractivity contribution in [2.24, 2.45) is 0 Å². The average Bonchev–Trinajstić information content (AvgIpc) is 2.90. The molecular formula is C14H19N2O. The highest BCUT2D eigenvalue weighted by molar-refractivity contribution is 5.94. The number of likely N-dealkylation sites (tertiary alicyclic amines) is 1. The fourth-order valence-corrected chi connectivity index (χ4v) is 2.19. The Hall–Kier alpha value is -1.35. The Morgan fingerprint density at radius 1 is 1.53 bits per heavy atom. The van der Waals surface area contributed by atoms with Crippen LogP contribution in [-0.4, -0.2) is 36.5 Å². The molecule has 1 radical (unpaired) electrons. The summed E-state index contributed by atoms with van der Waals surface area (Å²) in [5.74, 6) is -0.00658. The second-order valence-corrected chi connectivity index (χ2v) is 4.59. The summed E-state index contributed by atoms with van der Waals surface area (Å²) in [6.45, 7) is 5.21. The van der Waals surface area contributed by atoms with E-state index in [1.54, 1.807) is 12.1 Å². The van der Waals surface area contributed by atoms with E-state index in [-0.39, 0.29) is 5.91 Å². The van der Waals surface area contributed by atoms with Gasteiger partial charge < -0.3 is 5.32 Å². The number of benzene rings is 1. The van der Waals surface area contributed by atoms with Gasteiger partial charge in [-0.25, -0.2) is 0 Å². The van der Waals surface area contributed by atoms with Gasteiger partial charge in [-0.2, -0.15) is 0 Å². The van der Waals surface area contributed by atoms with E-state index in [1.165, 1.54) is 12.8 Å². The Kier molecular flexibility index (Phi) is 4.15. The van der Waals surface area contributed by atoms with Crippen LogP contribution >= 0.6 is 0 Å². The zero-order chi connectivity index (χ0) is 12.1. The van der Waals surface area contributed by atoms with Crippen LogP contribution in [0.3, 0.4) is 0 Å². The molecule has 1 aliphatic rings. The van der Waals surface area contributed by atoms with Crippen LogP contribution in [0, 0.1) is 6.07 Å². The van der Waals surface area contributed by atoms with Gasteiger partial charge in [0.2, 0.25) is 0 Å². The molecule has 1 aliphatic heterocycles. The Bertz CT molecular complexity index is 358. The first-order valence-corrected chi connectivity index (χ1v) is 6.26. The van der Waals surface area contributed by atoms with Gasteiger partial charge in [0.15, 0.2) is 0 Å². The molecule has 1 aromatic carbocycles. The number of nitrogens with zero attached hydrogens (tertiary/aromatic N) is 1. The van der Waals surface area contributed by atoms with Crippen LogP contribution in [0.15, 0.2) is 24.3 Å². The summed E-state index contributed by atoms with van der Waals surface area (Å²) in [5.41, 5.74) is 0.682. The van der Waals surface area contributed by atoms with Crippen molar-refractivity contribution >= 4 is 5.91 Å². The van der Waals surface area contributed by atoms with Gasteiger partial charge in [0, 0.05) is 18.2 Å². The van der Waals surface area contributed by atoms with Crippen LogP contribution in [0.2, 0.25) is 0 Å². The third-order valence-corrected chi connectivity index (χ3v) is 3.29. The SMILES string of the molecule is CC(CNC(=O)c1c[c]ccc1)N1CCCC1. The number of carbonyl (C=O) groups is 1. The molecule has 0 saturated carbocycles. The highest BCUT2D eigenvalue weighted by Gasteiger charge is 2.18. The fourth-order valence-electron chi connectivity index (χ4n) is 2.19. The minimum atomic E-state index is -0.00658. The molecule has 0 bridgehead atoms.